The number of carbonyl (C=O) groups is 1. The number of hydrogen-bond acceptors (Lipinski definition) is 3. The summed E-state index contributed by atoms with van der Waals surface area (Å²) in [5.41, 5.74) is 0.971. The number of methoxy groups -OCH3 is 1. The Morgan fingerprint density at radius 2 is 1.88 bits per heavy atom. The van der Waals surface area contributed by atoms with Crippen molar-refractivity contribution in [2.45, 2.75) is 0 Å². The number of ether oxygens (including phenoxy) is 1. The molecular weight excluding hydrogens is 215 g/mol. The van der Waals surface area contributed by atoms with E-state index in [1.807, 2.05) is 24.3 Å². The van der Waals surface area contributed by atoms with Crippen molar-refractivity contribution in [3.8, 4) is 5.75 Å². The number of aliphatic carboxylic acids is 1. The third kappa shape index (κ3) is 5.75. The molecule has 0 amide bonds. The van der Waals surface area contributed by atoms with Crippen LogP contribution in [0.15, 0.2) is 42.5 Å². The van der Waals surface area contributed by atoms with Gasteiger partial charge in [0.25, 0.3) is 0 Å². The third-order valence-electron chi connectivity index (χ3n) is 1.75. The summed E-state index contributed by atoms with van der Waals surface area (Å²) >= 11 is 0. The van der Waals surface area contributed by atoms with Gasteiger partial charge in [-0.05, 0) is 23.8 Å². The summed E-state index contributed by atoms with van der Waals surface area (Å²) in [5.74, 6) is -0.410. The van der Waals surface area contributed by atoms with Crippen molar-refractivity contribution in [2.24, 2.45) is 0 Å². The Balaban J connectivity index is 0.00000225. The van der Waals surface area contributed by atoms with Crippen LogP contribution < -0.4 is 39.4 Å². The van der Waals surface area contributed by atoms with E-state index in [2.05, 4.69) is 0 Å². The van der Waals surface area contributed by atoms with E-state index >= 15 is 0 Å². The van der Waals surface area contributed by atoms with Crippen molar-refractivity contribution < 1.29 is 44.2 Å². The van der Waals surface area contributed by atoms with Crippen LogP contribution in [0.1, 0.15) is 5.56 Å². The van der Waals surface area contributed by atoms with Crippen LogP contribution in [-0.2, 0) is 4.79 Å². The summed E-state index contributed by atoms with van der Waals surface area (Å²) < 4.78 is 5.00. The van der Waals surface area contributed by atoms with Crippen LogP contribution in [0.3, 0.4) is 0 Å². The maximum absolute atomic E-state index is 10.0. The van der Waals surface area contributed by atoms with Gasteiger partial charge in [-0.25, -0.2) is 0 Å². The Bertz CT molecular complexity index is 380. The molecule has 4 heteroatoms. The summed E-state index contributed by atoms with van der Waals surface area (Å²) in [5, 5.41) is 10.0. The van der Waals surface area contributed by atoms with Crippen molar-refractivity contribution in [3.05, 3.63) is 48.1 Å². The first kappa shape index (κ1) is 15.0. The molecule has 0 spiro atoms. The molecule has 0 fully saturated rings. The first-order valence-electron chi connectivity index (χ1n) is 4.42. The van der Waals surface area contributed by atoms with Gasteiger partial charge in [-0.15, -0.1) is 0 Å². The largest absolute Gasteiger partial charge is 1.00 e. The zero-order valence-electron chi connectivity index (χ0n) is 9.34. The SMILES string of the molecule is COc1ccc(/C=C/C=C/C(=O)[O-])cc1.[Na+]. The average Bonchev–Trinajstić information content (AvgIpc) is 2.25. The number of hydrogen-bond donors (Lipinski definition) is 0. The van der Waals surface area contributed by atoms with Gasteiger partial charge in [-0.1, -0.05) is 30.4 Å². The number of carboxylic acid groups (broad SMARTS) is 1. The summed E-state index contributed by atoms with van der Waals surface area (Å²) in [4.78, 5) is 10.0. The topological polar surface area (TPSA) is 49.4 Å². The Kier molecular flexibility index (Phi) is 7.64. The molecular formula is C12H11NaO3. The summed E-state index contributed by atoms with van der Waals surface area (Å²) in [6, 6.07) is 7.43. The number of carboxylic acids is 1. The summed E-state index contributed by atoms with van der Waals surface area (Å²) in [6.45, 7) is 0. The summed E-state index contributed by atoms with van der Waals surface area (Å²) in [6.07, 6.45) is 5.82. The number of benzene rings is 1. The Hall–Kier alpha value is -1.03. The first-order valence-corrected chi connectivity index (χ1v) is 4.42. The number of rotatable bonds is 4. The fourth-order valence-electron chi connectivity index (χ4n) is 1.02. The van der Waals surface area contributed by atoms with Gasteiger partial charge in [0.15, 0.2) is 0 Å². The van der Waals surface area contributed by atoms with E-state index in [1.165, 1.54) is 6.08 Å². The second kappa shape index (κ2) is 8.16. The van der Waals surface area contributed by atoms with Crippen LogP contribution in [0.4, 0.5) is 0 Å². The molecule has 0 radical (unpaired) electrons. The van der Waals surface area contributed by atoms with E-state index in [4.69, 9.17) is 4.74 Å². The Labute approximate surface area is 117 Å². The fourth-order valence-corrected chi connectivity index (χ4v) is 1.02. The molecule has 0 heterocycles. The molecule has 3 nitrogen and oxygen atoms in total. The monoisotopic (exact) mass is 226 g/mol. The minimum atomic E-state index is -1.20. The number of allylic oxidation sites excluding steroid dienone is 2. The fraction of sp³-hybridized carbons (Fsp3) is 0.0833. The van der Waals surface area contributed by atoms with E-state index in [0.717, 1.165) is 17.4 Å². The van der Waals surface area contributed by atoms with Gasteiger partial charge in [0.2, 0.25) is 0 Å². The molecule has 0 aliphatic rings. The molecule has 0 N–H and O–H groups in total. The van der Waals surface area contributed by atoms with Crippen LogP contribution in [-0.4, -0.2) is 13.1 Å². The second-order valence-corrected chi connectivity index (χ2v) is 2.81. The smallest absolute Gasteiger partial charge is 0.545 e. The predicted octanol–water partition coefficient (Wildman–Crippen LogP) is -1.98. The first-order chi connectivity index (χ1) is 7.22. The number of carbonyl (C=O) groups excluding carboxylic acids is 1. The molecule has 0 saturated carbocycles. The molecule has 0 bridgehead atoms. The van der Waals surface area contributed by atoms with Gasteiger partial charge in [0.1, 0.15) is 5.75 Å². The van der Waals surface area contributed by atoms with Crippen molar-refractivity contribution in [1.82, 2.24) is 0 Å². The Morgan fingerprint density at radius 1 is 1.25 bits per heavy atom. The molecule has 0 saturated heterocycles. The van der Waals surface area contributed by atoms with Crippen molar-refractivity contribution >= 4 is 12.0 Å². The molecule has 0 aromatic heterocycles. The maximum Gasteiger partial charge on any atom is 1.00 e. The average molecular weight is 226 g/mol. The minimum Gasteiger partial charge on any atom is -0.545 e. The van der Waals surface area contributed by atoms with Crippen molar-refractivity contribution in [1.29, 1.82) is 0 Å². The molecule has 16 heavy (non-hydrogen) atoms. The van der Waals surface area contributed by atoms with Gasteiger partial charge in [-0.2, -0.15) is 0 Å². The van der Waals surface area contributed by atoms with Crippen LogP contribution in [0.25, 0.3) is 6.08 Å². The van der Waals surface area contributed by atoms with Crippen LogP contribution in [0.5, 0.6) is 5.75 Å². The van der Waals surface area contributed by atoms with Crippen molar-refractivity contribution in [2.75, 3.05) is 7.11 Å². The Morgan fingerprint density at radius 3 is 2.38 bits per heavy atom. The standard InChI is InChI=1S/C12H12O3.Na/c1-15-11-8-6-10(7-9-11)4-2-3-5-12(13)14;/h2-9H,1H3,(H,13,14);/q;+1/p-1/b4-2+,5-3+;. The van der Waals surface area contributed by atoms with Crippen LogP contribution >= 0.6 is 0 Å². The normalized spacial score (nSPS) is 10.3. The predicted molar refractivity (Wildman–Crippen MR) is 56.2 cm³/mol. The molecule has 1 aromatic carbocycles. The molecule has 0 aliphatic heterocycles. The van der Waals surface area contributed by atoms with E-state index in [1.54, 1.807) is 19.3 Å². The van der Waals surface area contributed by atoms with Gasteiger partial charge in [-0.3, -0.25) is 0 Å². The van der Waals surface area contributed by atoms with Gasteiger partial charge >= 0.3 is 29.6 Å². The molecule has 0 aliphatic carbocycles. The zero-order chi connectivity index (χ0) is 11.1. The zero-order valence-corrected chi connectivity index (χ0v) is 11.3. The van der Waals surface area contributed by atoms with Gasteiger partial charge in [0.05, 0.1) is 13.1 Å². The van der Waals surface area contributed by atoms with E-state index in [0.29, 0.717) is 0 Å². The third-order valence-corrected chi connectivity index (χ3v) is 1.75. The maximum atomic E-state index is 10.0. The summed E-state index contributed by atoms with van der Waals surface area (Å²) in [7, 11) is 1.60. The molecule has 1 aromatic rings. The molecule has 0 unspecified atom stereocenters. The van der Waals surface area contributed by atoms with E-state index < -0.39 is 5.97 Å². The molecule has 78 valence electrons. The minimum absolute atomic E-state index is 0. The van der Waals surface area contributed by atoms with E-state index in [-0.39, 0.29) is 29.6 Å². The van der Waals surface area contributed by atoms with Gasteiger partial charge in [0, 0.05) is 0 Å². The van der Waals surface area contributed by atoms with Crippen LogP contribution in [0, 0.1) is 0 Å². The molecule has 0 atom stereocenters. The van der Waals surface area contributed by atoms with Crippen molar-refractivity contribution in [3.63, 3.8) is 0 Å². The van der Waals surface area contributed by atoms with Gasteiger partial charge < -0.3 is 14.6 Å². The van der Waals surface area contributed by atoms with Crippen LogP contribution in [0.2, 0.25) is 0 Å². The molecule has 1 rings (SSSR count). The quantitative estimate of drug-likeness (QED) is 0.339. The van der Waals surface area contributed by atoms with E-state index in [9.17, 15) is 9.90 Å². The second-order valence-electron chi connectivity index (χ2n) is 2.81.